The van der Waals surface area contributed by atoms with Crippen LogP contribution in [-0.2, 0) is 6.42 Å². The summed E-state index contributed by atoms with van der Waals surface area (Å²) in [5.41, 5.74) is 7.42. The molecule has 0 aliphatic carbocycles. The highest BCUT2D eigenvalue weighted by Gasteiger charge is 2.16. The Labute approximate surface area is 99.3 Å². The van der Waals surface area contributed by atoms with Crippen LogP contribution in [0.3, 0.4) is 0 Å². The maximum atomic E-state index is 3.59. The van der Waals surface area contributed by atoms with Crippen molar-refractivity contribution in [2.24, 2.45) is 0 Å². The number of hydrogen-bond acceptors (Lipinski definition) is 1. The fraction of sp³-hybridized carbons (Fsp3) is 0.600. The third-order valence-electron chi connectivity index (χ3n) is 4.22. The van der Waals surface area contributed by atoms with Gasteiger partial charge < -0.3 is 5.32 Å². The lowest BCUT2D eigenvalue weighted by Gasteiger charge is -2.17. The Morgan fingerprint density at radius 3 is 2.50 bits per heavy atom. The molecule has 1 aromatic rings. The van der Waals surface area contributed by atoms with E-state index in [0.29, 0.717) is 6.04 Å². The van der Waals surface area contributed by atoms with Gasteiger partial charge in [-0.05, 0) is 81.3 Å². The van der Waals surface area contributed by atoms with E-state index in [1.54, 1.807) is 5.56 Å². The predicted molar refractivity (Wildman–Crippen MR) is 70.1 cm³/mol. The van der Waals surface area contributed by atoms with Crippen molar-refractivity contribution in [3.8, 4) is 0 Å². The largest absolute Gasteiger partial charge is 0.314 e. The molecule has 1 unspecified atom stereocenters. The van der Waals surface area contributed by atoms with Gasteiger partial charge in [-0.3, -0.25) is 0 Å². The van der Waals surface area contributed by atoms with Crippen LogP contribution in [0.5, 0.6) is 0 Å². The summed E-state index contributed by atoms with van der Waals surface area (Å²) in [6.45, 7) is 10.2. The van der Waals surface area contributed by atoms with Crippen molar-refractivity contribution in [1.29, 1.82) is 0 Å². The van der Waals surface area contributed by atoms with Crippen LogP contribution < -0.4 is 5.32 Å². The van der Waals surface area contributed by atoms with Gasteiger partial charge >= 0.3 is 0 Å². The Hall–Kier alpha value is -0.820. The average molecular weight is 217 g/mol. The van der Waals surface area contributed by atoms with E-state index in [2.05, 4.69) is 39.1 Å². The fourth-order valence-electron chi connectivity index (χ4n) is 2.70. The summed E-state index contributed by atoms with van der Waals surface area (Å²) in [6.07, 6.45) is 3.88. The number of aryl methyl sites for hydroxylation is 1. The van der Waals surface area contributed by atoms with Gasteiger partial charge in [-0.2, -0.15) is 0 Å². The monoisotopic (exact) mass is 217 g/mol. The molecule has 0 aromatic heterocycles. The topological polar surface area (TPSA) is 12.0 Å². The first-order chi connectivity index (χ1) is 7.59. The van der Waals surface area contributed by atoms with Crippen LogP contribution in [0.25, 0.3) is 0 Å². The van der Waals surface area contributed by atoms with Crippen LogP contribution in [0.2, 0.25) is 0 Å². The van der Waals surface area contributed by atoms with E-state index in [1.807, 2.05) is 0 Å². The van der Waals surface area contributed by atoms with Crippen LogP contribution in [0.15, 0.2) is 6.07 Å². The smallest absolute Gasteiger partial charge is 0.0108 e. The van der Waals surface area contributed by atoms with Gasteiger partial charge in [0.25, 0.3) is 0 Å². The Morgan fingerprint density at radius 1 is 1.12 bits per heavy atom. The lowest BCUT2D eigenvalue weighted by Crippen LogP contribution is -2.24. The molecule has 1 aliphatic heterocycles. The molecular formula is C15H23N. The normalized spacial score (nSPS) is 20.4. The van der Waals surface area contributed by atoms with Crippen LogP contribution in [0.1, 0.15) is 40.7 Å². The van der Waals surface area contributed by atoms with Crippen molar-refractivity contribution in [2.45, 2.75) is 53.0 Å². The molecule has 1 atom stereocenters. The minimum Gasteiger partial charge on any atom is -0.314 e. The Bertz CT molecular complexity index is 387. The molecule has 1 fully saturated rings. The zero-order chi connectivity index (χ0) is 11.7. The third-order valence-corrected chi connectivity index (χ3v) is 4.22. The molecule has 0 bridgehead atoms. The van der Waals surface area contributed by atoms with Gasteiger partial charge in [0.2, 0.25) is 0 Å². The molecule has 1 heteroatoms. The van der Waals surface area contributed by atoms with Crippen molar-refractivity contribution in [3.63, 3.8) is 0 Å². The van der Waals surface area contributed by atoms with Gasteiger partial charge in [-0.25, -0.2) is 0 Å². The number of benzene rings is 1. The highest BCUT2D eigenvalue weighted by atomic mass is 14.9. The highest BCUT2D eigenvalue weighted by molar-refractivity contribution is 5.44. The molecule has 2 rings (SSSR count). The van der Waals surface area contributed by atoms with Crippen molar-refractivity contribution < 1.29 is 0 Å². The minimum absolute atomic E-state index is 0.709. The summed E-state index contributed by atoms with van der Waals surface area (Å²) >= 11 is 0. The SMILES string of the molecule is Cc1cc(CC2CCCN2)c(C)c(C)c1C. The molecular weight excluding hydrogens is 194 g/mol. The van der Waals surface area contributed by atoms with E-state index in [9.17, 15) is 0 Å². The molecule has 0 amide bonds. The average Bonchev–Trinajstić information content (AvgIpc) is 2.76. The third kappa shape index (κ3) is 2.15. The first kappa shape index (κ1) is 11.7. The Balaban J connectivity index is 2.26. The number of nitrogens with one attached hydrogen (secondary N) is 1. The summed E-state index contributed by atoms with van der Waals surface area (Å²) in [5.74, 6) is 0. The van der Waals surface area contributed by atoms with Gasteiger partial charge in [0, 0.05) is 6.04 Å². The zero-order valence-corrected chi connectivity index (χ0v) is 11.0. The first-order valence-electron chi connectivity index (χ1n) is 6.39. The fourth-order valence-corrected chi connectivity index (χ4v) is 2.70. The van der Waals surface area contributed by atoms with Crippen LogP contribution in [-0.4, -0.2) is 12.6 Å². The van der Waals surface area contributed by atoms with Gasteiger partial charge in [0.05, 0.1) is 0 Å². The van der Waals surface area contributed by atoms with Crippen LogP contribution in [0, 0.1) is 27.7 Å². The Morgan fingerprint density at radius 2 is 1.88 bits per heavy atom. The summed E-state index contributed by atoms with van der Waals surface area (Å²) in [5, 5.41) is 3.59. The lowest BCUT2D eigenvalue weighted by molar-refractivity contribution is 0.601. The predicted octanol–water partition coefficient (Wildman–Crippen LogP) is 3.21. The number of rotatable bonds is 2. The van der Waals surface area contributed by atoms with Crippen LogP contribution in [0.4, 0.5) is 0 Å². The quantitative estimate of drug-likeness (QED) is 0.802. The summed E-state index contributed by atoms with van der Waals surface area (Å²) in [6, 6.07) is 3.10. The Kier molecular flexibility index (Phi) is 3.34. The summed E-state index contributed by atoms with van der Waals surface area (Å²) < 4.78 is 0. The van der Waals surface area contributed by atoms with E-state index in [1.165, 1.54) is 48.1 Å². The standard InChI is InChI=1S/C15H23N/c1-10-8-14(9-15-6-5-7-16-15)13(4)12(3)11(10)2/h8,15-16H,5-7,9H2,1-4H3. The summed E-state index contributed by atoms with van der Waals surface area (Å²) in [7, 11) is 0. The summed E-state index contributed by atoms with van der Waals surface area (Å²) in [4.78, 5) is 0. The second-order valence-electron chi connectivity index (χ2n) is 5.22. The molecule has 1 aromatic carbocycles. The minimum atomic E-state index is 0.709. The maximum Gasteiger partial charge on any atom is 0.0108 e. The molecule has 16 heavy (non-hydrogen) atoms. The molecule has 1 heterocycles. The number of hydrogen-bond donors (Lipinski definition) is 1. The maximum absolute atomic E-state index is 3.59. The van der Waals surface area contributed by atoms with Gasteiger partial charge in [0.15, 0.2) is 0 Å². The van der Waals surface area contributed by atoms with E-state index in [4.69, 9.17) is 0 Å². The first-order valence-corrected chi connectivity index (χ1v) is 6.39. The molecule has 1 N–H and O–H groups in total. The van der Waals surface area contributed by atoms with Crippen molar-refractivity contribution >= 4 is 0 Å². The van der Waals surface area contributed by atoms with Gasteiger partial charge in [0.1, 0.15) is 0 Å². The van der Waals surface area contributed by atoms with E-state index >= 15 is 0 Å². The second-order valence-corrected chi connectivity index (χ2v) is 5.22. The molecule has 1 nitrogen and oxygen atoms in total. The van der Waals surface area contributed by atoms with Crippen molar-refractivity contribution in [2.75, 3.05) is 6.54 Å². The second kappa shape index (κ2) is 4.58. The van der Waals surface area contributed by atoms with Gasteiger partial charge in [-0.1, -0.05) is 6.07 Å². The zero-order valence-electron chi connectivity index (χ0n) is 11.0. The molecule has 0 spiro atoms. The molecule has 0 radical (unpaired) electrons. The van der Waals surface area contributed by atoms with Crippen molar-refractivity contribution in [3.05, 3.63) is 33.9 Å². The van der Waals surface area contributed by atoms with E-state index in [-0.39, 0.29) is 0 Å². The van der Waals surface area contributed by atoms with Gasteiger partial charge in [-0.15, -0.1) is 0 Å². The van der Waals surface area contributed by atoms with E-state index < -0.39 is 0 Å². The van der Waals surface area contributed by atoms with Crippen molar-refractivity contribution in [1.82, 2.24) is 5.32 Å². The lowest BCUT2D eigenvalue weighted by atomic mass is 9.91. The van der Waals surface area contributed by atoms with Crippen LogP contribution >= 0.6 is 0 Å². The molecule has 88 valence electrons. The molecule has 1 saturated heterocycles. The molecule has 1 aliphatic rings. The highest BCUT2D eigenvalue weighted by Crippen LogP contribution is 2.23. The van der Waals surface area contributed by atoms with E-state index in [0.717, 1.165) is 0 Å². The molecule has 0 saturated carbocycles.